The molecule has 1 fully saturated rings. The van der Waals surface area contributed by atoms with Crippen LogP contribution in [0.2, 0.25) is 0 Å². The fraction of sp³-hybridized carbons (Fsp3) is 0.308. The Kier molecular flexibility index (Phi) is 2.97. The van der Waals surface area contributed by atoms with Gasteiger partial charge in [0, 0.05) is 12.6 Å². The molecule has 0 aliphatic heterocycles. The lowest BCUT2D eigenvalue weighted by molar-refractivity contribution is 0.620. The number of hydrogen-bond acceptors (Lipinski definition) is 4. The van der Waals surface area contributed by atoms with E-state index in [2.05, 4.69) is 15.6 Å². The van der Waals surface area contributed by atoms with Gasteiger partial charge >= 0.3 is 0 Å². The fourth-order valence-corrected chi connectivity index (χ4v) is 1.86. The van der Waals surface area contributed by atoms with E-state index in [1.165, 1.54) is 25.0 Å². The smallest absolute Gasteiger partial charge is 0.141 e. The van der Waals surface area contributed by atoms with Crippen LogP contribution in [-0.4, -0.2) is 21.0 Å². The van der Waals surface area contributed by atoms with Crippen molar-refractivity contribution in [2.75, 3.05) is 0 Å². The van der Waals surface area contributed by atoms with Crippen LogP contribution in [0.5, 0.6) is 0 Å². The van der Waals surface area contributed by atoms with Gasteiger partial charge < -0.3 is 5.32 Å². The molecule has 0 radical (unpaired) electrons. The lowest BCUT2D eigenvalue weighted by Crippen LogP contribution is -2.18. The average molecular weight is 257 g/mol. The van der Waals surface area contributed by atoms with Gasteiger partial charge in [-0.3, -0.25) is 0 Å². The van der Waals surface area contributed by atoms with E-state index in [1.807, 2.05) is 6.07 Å². The molecule has 96 valence electrons. The van der Waals surface area contributed by atoms with E-state index in [-0.39, 0.29) is 5.56 Å². The van der Waals surface area contributed by atoms with Crippen molar-refractivity contribution in [3.8, 4) is 11.8 Å². The summed E-state index contributed by atoms with van der Waals surface area (Å²) in [6.45, 7) is 0.664. The highest BCUT2D eigenvalue weighted by molar-refractivity contribution is 5.42. The van der Waals surface area contributed by atoms with Crippen LogP contribution < -0.4 is 5.32 Å². The molecule has 0 saturated heterocycles. The van der Waals surface area contributed by atoms with Crippen LogP contribution in [0.3, 0.4) is 0 Å². The van der Waals surface area contributed by atoms with Crippen molar-refractivity contribution >= 4 is 0 Å². The minimum absolute atomic E-state index is 0.00843. The molecule has 1 aromatic heterocycles. The van der Waals surface area contributed by atoms with E-state index < -0.39 is 5.82 Å². The largest absolute Gasteiger partial charge is 0.308 e. The monoisotopic (exact) mass is 257 g/mol. The summed E-state index contributed by atoms with van der Waals surface area (Å²) >= 11 is 0. The molecule has 3 rings (SSSR count). The standard InChI is InChI=1S/C13H12FN5/c14-13-4-3-11(5-9(13)6-15)19-12(8-17-18-19)7-16-10-1-2-10/h3-5,8,10,16H,1-2,7H2. The van der Waals surface area contributed by atoms with Crippen molar-refractivity contribution in [2.24, 2.45) is 0 Å². The molecule has 0 bridgehead atoms. The first-order chi connectivity index (χ1) is 9.28. The second-order valence-electron chi connectivity index (χ2n) is 4.57. The predicted molar refractivity (Wildman–Crippen MR) is 65.9 cm³/mol. The highest BCUT2D eigenvalue weighted by Crippen LogP contribution is 2.20. The number of halogens is 1. The number of nitrogens with zero attached hydrogens (tertiary/aromatic N) is 4. The van der Waals surface area contributed by atoms with E-state index >= 15 is 0 Å². The van der Waals surface area contributed by atoms with Crippen LogP contribution in [0.15, 0.2) is 24.4 Å². The Balaban J connectivity index is 1.88. The van der Waals surface area contributed by atoms with Crippen molar-refractivity contribution in [1.82, 2.24) is 20.3 Å². The zero-order valence-electron chi connectivity index (χ0n) is 10.2. The maximum absolute atomic E-state index is 13.3. The molecule has 1 N–H and O–H groups in total. The Bertz CT molecular complexity index is 639. The number of benzene rings is 1. The normalized spacial score (nSPS) is 14.3. The first kappa shape index (κ1) is 11.8. The first-order valence-electron chi connectivity index (χ1n) is 6.11. The summed E-state index contributed by atoms with van der Waals surface area (Å²) in [6, 6.07) is 6.75. The third-order valence-corrected chi connectivity index (χ3v) is 3.08. The highest BCUT2D eigenvalue weighted by atomic mass is 19.1. The Labute approximate surface area is 109 Å². The number of aromatic nitrogens is 3. The van der Waals surface area contributed by atoms with Gasteiger partial charge in [-0.2, -0.15) is 5.26 Å². The summed E-state index contributed by atoms with van der Waals surface area (Å²) in [5, 5.41) is 20.1. The predicted octanol–water partition coefficient (Wildman–Crippen LogP) is 1.53. The molecule has 6 heteroatoms. The van der Waals surface area contributed by atoms with Crippen LogP contribution >= 0.6 is 0 Å². The second-order valence-corrected chi connectivity index (χ2v) is 4.57. The van der Waals surface area contributed by atoms with Gasteiger partial charge in [-0.1, -0.05) is 5.21 Å². The van der Waals surface area contributed by atoms with Crippen molar-refractivity contribution in [1.29, 1.82) is 5.26 Å². The van der Waals surface area contributed by atoms with Gasteiger partial charge in [-0.25, -0.2) is 9.07 Å². The van der Waals surface area contributed by atoms with Gasteiger partial charge in [0.1, 0.15) is 11.9 Å². The summed E-state index contributed by atoms with van der Waals surface area (Å²) in [5.41, 5.74) is 1.54. The van der Waals surface area contributed by atoms with E-state index in [9.17, 15) is 4.39 Å². The minimum atomic E-state index is -0.524. The van der Waals surface area contributed by atoms with Gasteiger partial charge in [-0.05, 0) is 31.0 Å². The van der Waals surface area contributed by atoms with Crippen LogP contribution in [0.1, 0.15) is 24.1 Å². The summed E-state index contributed by atoms with van der Waals surface area (Å²) in [7, 11) is 0. The van der Waals surface area contributed by atoms with Crippen LogP contribution in [-0.2, 0) is 6.54 Å². The van der Waals surface area contributed by atoms with Crippen molar-refractivity contribution in [3.05, 3.63) is 41.5 Å². The zero-order chi connectivity index (χ0) is 13.2. The van der Waals surface area contributed by atoms with Gasteiger partial charge in [0.15, 0.2) is 0 Å². The SMILES string of the molecule is N#Cc1cc(-n2nncc2CNC2CC2)ccc1F. The van der Waals surface area contributed by atoms with Crippen molar-refractivity contribution in [2.45, 2.75) is 25.4 Å². The molecule has 0 amide bonds. The second kappa shape index (κ2) is 4.78. The molecule has 2 aromatic rings. The molecular weight excluding hydrogens is 245 g/mol. The average Bonchev–Trinajstić information content (AvgIpc) is 3.14. The third-order valence-electron chi connectivity index (χ3n) is 3.08. The molecule has 1 saturated carbocycles. The minimum Gasteiger partial charge on any atom is -0.308 e. The van der Waals surface area contributed by atoms with Gasteiger partial charge in [-0.15, -0.1) is 5.10 Å². The van der Waals surface area contributed by atoms with Crippen molar-refractivity contribution in [3.63, 3.8) is 0 Å². The maximum Gasteiger partial charge on any atom is 0.141 e. The summed E-state index contributed by atoms with van der Waals surface area (Å²) in [5.74, 6) is -0.524. The van der Waals surface area contributed by atoms with Crippen LogP contribution in [0.4, 0.5) is 4.39 Å². The molecule has 19 heavy (non-hydrogen) atoms. The molecule has 1 aliphatic carbocycles. The fourth-order valence-electron chi connectivity index (χ4n) is 1.86. The first-order valence-corrected chi connectivity index (χ1v) is 6.11. The topological polar surface area (TPSA) is 66.5 Å². The maximum atomic E-state index is 13.3. The van der Waals surface area contributed by atoms with Crippen LogP contribution in [0, 0.1) is 17.1 Å². The molecule has 0 atom stereocenters. The summed E-state index contributed by atoms with van der Waals surface area (Å²) < 4.78 is 14.9. The molecular formula is C13H12FN5. The highest BCUT2D eigenvalue weighted by Gasteiger charge is 2.21. The quantitative estimate of drug-likeness (QED) is 0.902. The molecule has 1 aliphatic rings. The third kappa shape index (κ3) is 2.46. The van der Waals surface area contributed by atoms with Gasteiger partial charge in [0.05, 0.1) is 23.1 Å². The summed E-state index contributed by atoms with van der Waals surface area (Å²) in [6.07, 6.45) is 4.08. The number of nitriles is 1. The van der Waals surface area contributed by atoms with E-state index in [4.69, 9.17) is 5.26 Å². The van der Waals surface area contributed by atoms with Crippen molar-refractivity contribution < 1.29 is 4.39 Å². The molecule has 5 nitrogen and oxygen atoms in total. The molecule has 0 unspecified atom stereocenters. The zero-order valence-corrected chi connectivity index (χ0v) is 10.2. The Morgan fingerprint density at radius 1 is 1.47 bits per heavy atom. The summed E-state index contributed by atoms with van der Waals surface area (Å²) in [4.78, 5) is 0. The van der Waals surface area contributed by atoms with E-state index in [0.717, 1.165) is 5.69 Å². The van der Waals surface area contributed by atoms with E-state index in [0.29, 0.717) is 18.3 Å². The number of rotatable bonds is 4. The number of hydrogen-bond donors (Lipinski definition) is 1. The van der Waals surface area contributed by atoms with Gasteiger partial charge in [0.2, 0.25) is 0 Å². The lowest BCUT2D eigenvalue weighted by atomic mass is 10.2. The van der Waals surface area contributed by atoms with Crippen LogP contribution in [0.25, 0.3) is 5.69 Å². The molecule has 1 heterocycles. The van der Waals surface area contributed by atoms with Gasteiger partial charge in [0.25, 0.3) is 0 Å². The lowest BCUT2D eigenvalue weighted by Gasteiger charge is -2.07. The molecule has 1 aromatic carbocycles. The Hall–Kier alpha value is -2.26. The number of nitrogens with one attached hydrogen (secondary N) is 1. The molecule has 0 spiro atoms. The Morgan fingerprint density at radius 2 is 2.32 bits per heavy atom. The Morgan fingerprint density at radius 3 is 3.05 bits per heavy atom. The van der Waals surface area contributed by atoms with E-state index in [1.54, 1.807) is 16.9 Å².